The second-order valence-electron chi connectivity index (χ2n) is 11.4. The number of ether oxygens (including phenoxy) is 1. The van der Waals surface area contributed by atoms with Gasteiger partial charge in [-0.05, 0) is 92.7 Å². The van der Waals surface area contributed by atoms with Crippen molar-refractivity contribution in [2.24, 2.45) is 5.41 Å². The number of aliphatic hydroxyl groups is 1. The second kappa shape index (κ2) is 11.9. The molecule has 198 valence electrons. The summed E-state index contributed by atoms with van der Waals surface area (Å²) in [5.74, 6) is -0.274. The first-order valence-corrected chi connectivity index (χ1v) is 12.7. The molecular weight excluding hydrogens is 454 g/mol. The predicted octanol–water partition coefficient (Wildman–Crippen LogP) is 5.81. The largest absolute Gasteiger partial charge is 0.491 e. The van der Waals surface area contributed by atoms with Crippen LogP contribution >= 0.6 is 0 Å². The Labute approximate surface area is 216 Å². The van der Waals surface area contributed by atoms with Gasteiger partial charge in [0, 0.05) is 5.56 Å². The number of aliphatic carboxylic acids is 1. The molecule has 0 aliphatic heterocycles. The molecule has 0 saturated heterocycles. The van der Waals surface area contributed by atoms with Crippen molar-refractivity contribution in [1.82, 2.24) is 5.32 Å². The molecule has 0 aromatic heterocycles. The molecule has 3 N–H and O–H groups in total. The van der Waals surface area contributed by atoms with E-state index in [1.165, 1.54) is 19.4 Å². The lowest BCUT2D eigenvalue weighted by Crippen LogP contribution is -2.49. The molecule has 0 heterocycles. The summed E-state index contributed by atoms with van der Waals surface area (Å²) in [6, 6.07) is 12.0. The predicted molar refractivity (Wildman–Crippen MR) is 144 cm³/mol. The number of carboxylic acid groups (broad SMARTS) is 1. The Morgan fingerprint density at radius 3 is 2.19 bits per heavy atom. The van der Waals surface area contributed by atoms with Crippen LogP contribution in [0.15, 0.2) is 36.4 Å². The van der Waals surface area contributed by atoms with Gasteiger partial charge in [-0.25, -0.2) is 4.79 Å². The molecule has 2 aromatic carbocycles. The number of hydrogen-bond donors (Lipinski definition) is 3. The average Bonchev–Trinajstić information content (AvgIpc) is 2.77. The zero-order valence-corrected chi connectivity index (χ0v) is 23.1. The zero-order chi connectivity index (χ0) is 27.3. The van der Waals surface area contributed by atoms with Crippen LogP contribution in [0, 0.1) is 19.3 Å². The Morgan fingerprint density at radius 2 is 1.67 bits per heavy atom. The third-order valence-corrected chi connectivity index (χ3v) is 6.84. The number of carboxylic acids is 1. The Kier molecular flexibility index (Phi) is 9.72. The van der Waals surface area contributed by atoms with Crippen LogP contribution in [0.25, 0.3) is 0 Å². The molecule has 1 amide bonds. The molecule has 36 heavy (non-hydrogen) atoms. The molecule has 6 nitrogen and oxygen atoms in total. The first-order chi connectivity index (χ1) is 16.7. The summed E-state index contributed by atoms with van der Waals surface area (Å²) in [5.41, 5.74) is 3.23. The fourth-order valence-corrected chi connectivity index (χ4v) is 4.00. The van der Waals surface area contributed by atoms with E-state index < -0.39 is 17.6 Å². The van der Waals surface area contributed by atoms with E-state index in [-0.39, 0.29) is 17.9 Å². The van der Waals surface area contributed by atoms with Crippen LogP contribution in [0.1, 0.15) is 92.9 Å². The van der Waals surface area contributed by atoms with E-state index in [2.05, 4.69) is 24.4 Å². The zero-order valence-electron chi connectivity index (χ0n) is 23.1. The fraction of sp³-hybridized carbons (Fsp3) is 0.533. The molecule has 2 aromatic rings. The Balaban J connectivity index is 2.04. The molecule has 0 radical (unpaired) electrons. The van der Waals surface area contributed by atoms with Gasteiger partial charge < -0.3 is 20.3 Å². The molecule has 0 bridgehead atoms. The van der Waals surface area contributed by atoms with Crippen LogP contribution in [0.3, 0.4) is 0 Å². The lowest BCUT2D eigenvalue weighted by Gasteiger charge is -2.26. The summed E-state index contributed by atoms with van der Waals surface area (Å²) in [4.78, 5) is 23.9. The molecule has 2 rings (SSSR count). The lowest BCUT2D eigenvalue weighted by molar-refractivity contribution is -0.143. The molecule has 0 saturated carbocycles. The number of carbonyl (C=O) groups excluding carboxylic acids is 1. The van der Waals surface area contributed by atoms with Crippen molar-refractivity contribution in [2.45, 2.75) is 92.2 Å². The minimum Gasteiger partial charge on any atom is -0.491 e. The number of carbonyl (C=O) groups is 2. The second-order valence-corrected chi connectivity index (χ2v) is 11.4. The highest BCUT2D eigenvalue weighted by Crippen LogP contribution is 2.30. The third kappa shape index (κ3) is 7.82. The highest BCUT2D eigenvalue weighted by atomic mass is 16.5. The van der Waals surface area contributed by atoms with Gasteiger partial charge in [-0.2, -0.15) is 0 Å². The Hall–Kier alpha value is -2.86. The first kappa shape index (κ1) is 29.4. The third-order valence-electron chi connectivity index (χ3n) is 6.84. The molecule has 2 unspecified atom stereocenters. The maximum atomic E-state index is 12.6. The van der Waals surface area contributed by atoms with Crippen LogP contribution < -0.4 is 10.1 Å². The monoisotopic (exact) mass is 497 g/mol. The number of aryl methyl sites for hydroxylation is 3. The van der Waals surface area contributed by atoms with E-state index in [1.54, 1.807) is 6.07 Å². The lowest BCUT2D eigenvalue weighted by atomic mass is 9.88. The van der Waals surface area contributed by atoms with Gasteiger partial charge in [-0.15, -0.1) is 0 Å². The molecule has 0 aliphatic carbocycles. The SMILES string of the molecule is CCC(CCc1ccc(C(=O)NC(C)(C)C(=O)O)c(C)c1)c1ccc(OCC(O)C(C)(C)C)c(C)c1. The van der Waals surface area contributed by atoms with E-state index in [0.717, 1.165) is 41.7 Å². The van der Waals surface area contributed by atoms with Crippen molar-refractivity contribution in [1.29, 1.82) is 0 Å². The quantitative estimate of drug-likeness (QED) is 0.364. The van der Waals surface area contributed by atoms with E-state index in [9.17, 15) is 19.8 Å². The fourth-order valence-electron chi connectivity index (χ4n) is 4.00. The van der Waals surface area contributed by atoms with E-state index >= 15 is 0 Å². The van der Waals surface area contributed by atoms with Gasteiger partial charge in [0.25, 0.3) is 5.91 Å². The van der Waals surface area contributed by atoms with Crippen molar-refractivity contribution < 1.29 is 24.5 Å². The Bertz CT molecular complexity index is 1070. The first-order valence-electron chi connectivity index (χ1n) is 12.7. The standard InChI is InChI=1S/C30H43NO5/c1-9-22(23-13-15-25(20(3)17-23)36-18-26(32)29(4,5)6)12-10-21-11-14-24(19(2)16-21)27(33)31-30(7,8)28(34)35/h11,13-17,22,26,32H,9-10,12,18H2,1-8H3,(H,31,33)(H,34,35). The highest BCUT2D eigenvalue weighted by molar-refractivity contribution is 5.98. The summed E-state index contributed by atoms with van der Waals surface area (Å²) in [6.07, 6.45) is 2.31. The van der Waals surface area contributed by atoms with Crippen LogP contribution in [0.5, 0.6) is 5.75 Å². The maximum absolute atomic E-state index is 12.6. The summed E-state index contributed by atoms with van der Waals surface area (Å²) >= 11 is 0. The van der Waals surface area contributed by atoms with E-state index in [0.29, 0.717) is 11.5 Å². The molecule has 0 spiro atoms. The molecule has 6 heteroatoms. The van der Waals surface area contributed by atoms with Crippen molar-refractivity contribution in [3.05, 3.63) is 64.2 Å². The number of aliphatic hydroxyl groups excluding tert-OH is 1. The van der Waals surface area contributed by atoms with E-state index in [4.69, 9.17) is 4.74 Å². The number of benzene rings is 2. The van der Waals surface area contributed by atoms with E-state index in [1.807, 2.05) is 52.8 Å². The summed E-state index contributed by atoms with van der Waals surface area (Å²) in [7, 11) is 0. The number of hydrogen-bond acceptors (Lipinski definition) is 4. The molecule has 0 fully saturated rings. The van der Waals surface area contributed by atoms with Crippen LogP contribution in [0.2, 0.25) is 0 Å². The summed E-state index contributed by atoms with van der Waals surface area (Å²) in [5, 5.41) is 22.1. The van der Waals surface area contributed by atoms with Crippen LogP contribution in [0.4, 0.5) is 0 Å². The van der Waals surface area contributed by atoms with Crippen molar-refractivity contribution in [3.63, 3.8) is 0 Å². The normalized spacial score (nSPS) is 13.7. The van der Waals surface area contributed by atoms with Crippen molar-refractivity contribution in [2.75, 3.05) is 6.61 Å². The molecule has 2 atom stereocenters. The maximum Gasteiger partial charge on any atom is 0.328 e. The highest BCUT2D eigenvalue weighted by Gasteiger charge is 2.29. The minimum atomic E-state index is -1.33. The van der Waals surface area contributed by atoms with Gasteiger partial charge in [-0.3, -0.25) is 4.79 Å². The summed E-state index contributed by atoms with van der Waals surface area (Å²) in [6.45, 7) is 15.3. The van der Waals surface area contributed by atoms with Gasteiger partial charge in [0.15, 0.2) is 0 Å². The summed E-state index contributed by atoms with van der Waals surface area (Å²) < 4.78 is 5.89. The van der Waals surface area contributed by atoms with Crippen molar-refractivity contribution in [3.8, 4) is 5.75 Å². The van der Waals surface area contributed by atoms with Gasteiger partial charge in [-0.1, -0.05) is 52.0 Å². The van der Waals surface area contributed by atoms with Gasteiger partial charge in [0.05, 0.1) is 6.10 Å². The smallest absolute Gasteiger partial charge is 0.328 e. The molecular formula is C30H43NO5. The molecule has 0 aliphatic rings. The average molecular weight is 498 g/mol. The topological polar surface area (TPSA) is 95.9 Å². The minimum absolute atomic E-state index is 0.226. The van der Waals surface area contributed by atoms with Crippen LogP contribution in [-0.2, 0) is 11.2 Å². The number of nitrogens with one attached hydrogen (secondary N) is 1. The van der Waals surface area contributed by atoms with Crippen LogP contribution in [-0.4, -0.2) is 40.3 Å². The number of amides is 1. The number of rotatable bonds is 11. The van der Waals surface area contributed by atoms with Gasteiger partial charge in [0.1, 0.15) is 17.9 Å². The van der Waals surface area contributed by atoms with Gasteiger partial charge >= 0.3 is 5.97 Å². The van der Waals surface area contributed by atoms with Crippen molar-refractivity contribution >= 4 is 11.9 Å². The van der Waals surface area contributed by atoms with Gasteiger partial charge in [0.2, 0.25) is 0 Å². The Morgan fingerprint density at radius 1 is 1.00 bits per heavy atom.